The van der Waals surface area contributed by atoms with Crippen molar-refractivity contribution in [1.29, 1.82) is 0 Å². The highest BCUT2D eigenvalue weighted by Crippen LogP contribution is 2.38. The van der Waals surface area contributed by atoms with Crippen molar-refractivity contribution in [3.05, 3.63) is 55.1 Å². The first-order valence-corrected chi connectivity index (χ1v) is 11.4. The largest absolute Gasteiger partial charge is 0.325 e. The third kappa shape index (κ3) is 3.65. The third-order valence-corrected chi connectivity index (χ3v) is 8.70. The lowest BCUT2D eigenvalue weighted by Gasteiger charge is -2.40. The molecule has 8 nitrogen and oxygen atoms in total. The molecule has 0 aliphatic carbocycles. The highest BCUT2D eigenvalue weighted by Gasteiger charge is 2.44. The molecule has 1 aliphatic rings. The van der Waals surface area contributed by atoms with Gasteiger partial charge >= 0.3 is 6.03 Å². The molecule has 3 aromatic heterocycles. The van der Waals surface area contributed by atoms with E-state index >= 15 is 0 Å². The number of piperidine rings is 1. The first kappa shape index (κ1) is 20.3. The van der Waals surface area contributed by atoms with Crippen LogP contribution in [0.5, 0.6) is 0 Å². The van der Waals surface area contributed by atoms with E-state index in [-0.39, 0.29) is 11.9 Å². The van der Waals surface area contributed by atoms with E-state index in [1.807, 2.05) is 22.7 Å². The second-order valence-corrected chi connectivity index (χ2v) is 10.7. The van der Waals surface area contributed by atoms with Crippen molar-refractivity contribution in [2.75, 3.05) is 18.4 Å². The molecule has 0 radical (unpaired) electrons. The van der Waals surface area contributed by atoms with E-state index in [2.05, 4.69) is 15.5 Å². The number of nitrogens with one attached hydrogen (secondary N) is 1. The topological polar surface area (TPSA) is 96.7 Å². The molecule has 0 bridgehead atoms. The van der Waals surface area contributed by atoms with Crippen LogP contribution in [0, 0.1) is 5.92 Å². The summed E-state index contributed by atoms with van der Waals surface area (Å²) >= 11 is 0. The van der Waals surface area contributed by atoms with E-state index in [1.165, 1.54) is 12.4 Å². The molecule has 1 fully saturated rings. The van der Waals surface area contributed by atoms with Crippen molar-refractivity contribution in [3.8, 4) is 0 Å². The fourth-order valence-electron chi connectivity index (χ4n) is 4.05. The van der Waals surface area contributed by atoms with Crippen LogP contribution < -0.4 is 5.32 Å². The van der Waals surface area contributed by atoms with Crippen molar-refractivity contribution in [2.24, 2.45) is 5.92 Å². The maximum atomic E-state index is 13.5. The zero-order chi connectivity index (χ0) is 21.4. The van der Waals surface area contributed by atoms with Crippen LogP contribution in [-0.2, 0) is 9.84 Å². The molecule has 9 heteroatoms. The molecule has 0 saturated carbocycles. The molecule has 3 aromatic rings. The average molecular weight is 428 g/mol. The van der Waals surface area contributed by atoms with E-state index in [0.717, 1.165) is 5.52 Å². The predicted octanol–water partition coefficient (Wildman–Crippen LogP) is 3.23. The maximum absolute atomic E-state index is 13.5. The number of rotatable bonds is 4. The lowest BCUT2D eigenvalue weighted by Crippen LogP contribution is -2.48. The number of hydrogen-bond acceptors (Lipinski definition) is 5. The van der Waals surface area contributed by atoms with Crippen molar-refractivity contribution < 1.29 is 13.2 Å². The van der Waals surface area contributed by atoms with E-state index in [4.69, 9.17) is 0 Å². The van der Waals surface area contributed by atoms with Crippen molar-refractivity contribution >= 4 is 27.1 Å². The summed E-state index contributed by atoms with van der Waals surface area (Å²) in [4.78, 5) is 14.5. The number of likely N-dealkylation sites (tertiary alicyclic amines) is 1. The van der Waals surface area contributed by atoms with Gasteiger partial charge in [-0.2, -0.15) is 10.2 Å². The molecule has 158 valence electrons. The molecule has 1 N–H and O–H groups in total. The Hall–Kier alpha value is -2.94. The monoisotopic (exact) mass is 427 g/mol. The molecule has 0 atom stereocenters. The quantitative estimate of drug-likeness (QED) is 0.690. The van der Waals surface area contributed by atoms with Gasteiger partial charge < -0.3 is 14.6 Å². The minimum atomic E-state index is -3.54. The minimum Gasteiger partial charge on any atom is -0.325 e. The van der Waals surface area contributed by atoms with E-state index in [1.54, 1.807) is 43.1 Å². The zero-order valence-electron chi connectivity index (χ0n) is 17.0. The summed E-state index contributed by atoms with van der Waals surface area (Å²) < 4.78 is 27.9. The molecule has 1 aliphatic heterocycles. The summed E-state index contributed by atoms with van der Waals surface area (Å²) in [6.07, 6.45) is 7.92. The Morgan fingerprint density at radius 3 is 2.60 bits per heavy atom. The molecule has 0 aromatic carbocycles. The Morgan fingerprint density at radius 2 is 1.90 bits per heavy atom. The molecule has 30 heavy (non-hydrogen) atoms. The Bertz CT molecular complexity index is 1150. The van der Waals surface area contributed by atoms with Gasteiger partial charge in [-0.3, -0.25) is 0 Å². The highest BCUT2D eigenvalue weighted by molar-refractivity contribution is 7.92. The summed E-state index contributed by atoms with van der Waals surface area (Å²) in [5, 5.41) is 10.2. The number of carbonyl (C=O) groups excluding carboxylic acids is 1. The molecular weight excluding hydrogens is 402 g/mol. The fourth-order valence-corrected chi connectivity index (χ4v) is 5.85. The zero-order valence-corrected chi connectivity index (χ0v) is 17.8. The number of urea groups is 1. The second kappa shape index (κ2) is 7.71. The number of nitrogens with zero attached hydrogens (tertiary/aromatic N) is 4. The van der Waals surface area contributed by atoms with E-state index in [9.17, 15) is 13.2 Å². The number of carbonyl (C=O) groups is 1. The standard InChI is InChI=1S/C21H25N5O3S/c1-21(2,30(28,29)19-8-13-25-10-3-4-18(25)14-19)16-6-11-26(12-7-16)20(27)24-17-5-9-22-23-15-17/h3-5,8-10,13-16H,6-7,11-12H2,1-2H3,(H,22,24,27). The molecule has 0 spiro atoms. The van der Waals surface area contributed by atoms with E-state index in [0.29, 0.717) is 36.5 Å². The number of amides is 2. The Labute approximate surface area is 175 Å². The van der Waals surface area contributed by atoms with Gasteiger partial charge in [-0.15, -0.1) is 0 Å². The van der Waals surface area contributed by atoms with Crippen molar-refractivity contribution in [3.63, 3.8) is 0 Å². The van der Waals surface area contributed by atoms with Gasteiger partial charge in [0, 0.05) is 31.0 Å². The Kier molecular flexibility index (Phi) is 5.23. The van der Waals surface area contributed by atoms with Gasteiger partial charge in [-0.25, -0.2) is 13.2 Å². The average Bonchev–Trinajstić information content (AvgIpc) is 3.22. The number of pyridine rings is 1. The third-order valence-electron chi connectivity index (χ3n) is 6.11. The van der Waals surface area contributed by atoms with Crippen LogP contribution in [0.3, 0.4) is 0 Å². The van der Waals surface area contributed by atoms with Crippen LogP contribution in [0.2, 0.25) is 0 Å². The van der Waals surface area contributed by atoms with Crippen LogP contribution in [0.25, 0.3) is 5.52 Å². The van der Waals surface area contributed by atoms with Gasteiger partial charge in [0.15, 0.2) is 9.84 Å². The normalized spacial score (nSPS) is 16.0. The number of aromatic nitrogens is 3. The number of anilines is 1. The number of fused-ring (bicyclic) bond motifs is 1. The maximum Gasteiger partial charge on any atom is 0.321 e. The number of sulfone groups is 1. The molecule has 4 heterocycles. The molecular formula is C21H25N5O3S. The lowest BCUT2D eigenvalue weighted by atomic mass is 9.86. The van der Waals surface area contributed by atoms with Gasteiger partial charge in [0.05, 0.1) is 27.7 Å². The summed E-state index contributed by atoms with van der Waals surface area (Å²) in [5.41, 5.74) is 1.43. The fraction of sp³-hybridized carbons (Fsp3) is 0.381. The first-order chi connectivity index (χ1) is 14.3. The number of hydrogen-bond donors (Lipinski definition) is 1. The summed E-state index contributed by atoms with van der Waals surface area (Å²) in [7, 11) is -3.54. The van der Waals surface area contributed by atoms with E-state index < -0.39 is 14.6 Å². The second-order valence-electron chi connectivity index (χ2n) is 8.13. The van der Waals surface area contributed by atoms with Crippen molar-refractivity contribution in [2.45, 2.75) is 36.3 Å². The minimum absolute atomic E-state index is 0.0443. The Balaban J connectivity index is 1.45. The van der Waals surface area contributed by atoms with Crippen LogP contribution in [-0.4, -0.2) is 51.8 Å². The summed E-state index contributed by atoms with van der Waals surface area (Å²) in [6.45, 7) is 4.61. The van der Waals surface area contributed by atoms with Crippen LogP contribution in [0.4, 0.5) is 10.5 Å². The molecule has 4 rings (SSSR count). The van der Waals surface area contributed by atoms with Gasteiger partial charge in [-0.1, -0.05) is 0 Å². The van der Waals surface area contributed by atoms with Gasteiger partial charge in [0.1, 0.15) is 0 Å². The Morgan fingerprint density at radius 1 is 1.13 bits per heavy atom. The lowest BCUT2D eigenvalue weighted by molar-refractivity contribution is 0.171. The van der Waals surface area contributed by atoms with Crippen LogP contribution in [0.1, 0.15) is 26.7 Å². The summed E-state index contributed by atoms with van der Waals surface area (Å²) in [6, 6.07) is 8.63. The highest BCUT2D eigenvalue weighted by atomic mass is 32.2. The van der Waals surface area contributed by atoms with Crippen LogP contribution >= 0.6 is 0 Å². The first-order valence-electron chi connectivity index (χ1n) is 9.93. The molecule has 1 saturated heterocycles. The van der Waals surface area contributed by atoms with Crippen molar-refractivity contribution in [1.82, 2.24) is 19.5 Å². The van der Waals surface area contributed by atoms with Crippen LogP contribution in [0.15, 0.2) is 60.0 Å². The summed E-state index contributed by atoms with van der Waals surface area (Å²) in [5.74, 6) is -0.0443. The van der Waals surface area contributed by atoms with Gasteiger partial charge in [-0.05, 0) is 62.9 Å². The van der Waals surface area contributed by atoms with Gasteiger partial charge in [0.25, 0.3) is 0 Å². The molecule has 2 amide bonds. The predicted molar refractivity (Wildman–Crippen MR) is 114 cm³/mol. The SMILES string of the molecule is CC(C)(C1CCN(C(=O)Nc2ccnnc2)CC1)S(=O)(=O)c1ccn2cccc2c1. The van der Waals surface area contributed by atoms with Gasteiger partial charge in [0.2, 0.25) is 0 Å². The smallest absolute Gasteiger partial charge is 0.321 e. The molecule has 0 unspecified atom stereocenters.